The lowest BCUT2D eigenvalue weighted by molar-refractivity contribution is -0.140. The van der Waals surface area contributed by atoms with Crippen molar-refractivity contribution in [2.24, 2.45) is 5.92 Å². The molecule has 2 fully saturated rings. The summed E-state index contributed by atoms with van der Waals surface area (Å²) in [5.41, 5.74) is -2.40. The molecule has 3 rings (SSSR count). The van der Waals surface area contributed by atoms with Gasteiger partial charge in [0.25, 0.3) is 0 Å². The van der Waals surface area contributed by atoms with Crippen LogP contribution in [-0.2, 0) is 11.8 Å². The summed E-state index contributed by atoms with van der Waals surface area (Å²) in [7, 11) is 0. The highest BCUT2D eigenvalue weighted by molar-refractivity contribution is 5.32. The number of benzene rings is 1. The minimum absolute atomic E-state index is 0.0807. The molecule has 0 aromatic heterocycles. The van der Waals surface area contributed by atoms with Gasteiger partial charge in [-0.2, -0.15) is 13.2 Å². The van der Waals surface area contributed by atoms with Gasteiger partial charge in [-0.1, -0.05) is 6.07 Å². The number of alkyl halides is 3. The van der Waals surface area contributed by atoms with Gasteiger partial charge in [-0.25, -0.2) is 4.39 Å². The number of hydrogen-bond donors (Lipinski definition) is 1. The van der Waals surface area contributed by atoms with E-state index in [4.69, 9.17) is 0 Å². The van der Waals surface area contributed by atoms with Crippen LogP contribution in [-0.4, -0.2) is 29.6 Å². The summed E-state index contributed by atoms with van der Waals surface area (Å²) in [6, 6.07) is 2.85. The molecule has 0 aliphatic carbocycles. The molecule has 1 aromatic rings. The van der Waals surface area contributed by atoms with Crippen LogP contribution in [0.3, 0.4) is 0 Å². The van der Waals surface area contributed by atoms with Gasteiger partial charge >= 0.3 is 6.18 Å². The topological polar surface area (TPSA) is 23.5 Å². The summed E-state index contributed by atoms with van der Waals surface area (Å²) in [5, 5.41) is 10.8. The van der Waals surface area contributed by atoms with E-state index in [1.165, 1.54) is 6.07 Å². The van der Waals surface area contributed by atoms with E-state index < -0.39 is 23.2 Å². The van der Waals surface area contributed by atoms with Crippen molar-refractivity contribution in [3.8, 4) is 0 Å². The molecule has 3 atom stereocenters. The summed E-state index contributed by atoms with van der Waals surface area (Å²) in [6.45, 7) is 2.21. The summed E-state index contributed by atoms with van der Waals surface area (Å²) in [5.74, 6) is -1.38. The number of hydrogen-bond acceptors (Lipinski definition) is 2. The Bertz CT molecular complexity index is 530. The van der Waals surface area contributed by atoms with Gasteiger partial charge in [0.2, 0.25) is 0 Å². The SMILES string of the molecule is OC1(c2ccc(F)c(C(F)(F)F)c2)CCN2CCC1C2. The van der Waals surface area contributed by atoms with E-state index in [9.17, 15) is 22.7 Å². The Kier molecular flexibility index (Phi) is 3.06. The van der Waals surface area contributed by atoms with Crippen LogP contribution in [0, 0.1) is 11.7 Å². The first-order chi connectivity index (χ1) is 9.30. The summed E-state index contributed by atoms with van der Waals surface area (Å²) in [6.07, 6.45) is -3.59. The van der Waals surface area contributed by atoms with Gasteiger partial charge in [0.15, 0.2) is 0 Å². The van der Waals surface area contributed by atoms with Gasteiger partial charge in [-0.3, -0.25) is 0 Å². The van der Waals surface area contributed by atoms with Crippen LogP contribution in [0.5, 0.6) is 0 Å². The second-order valence-corrected chi connectivity index (χ2v) is 5.65. The van der Waals surface area contributed by atoms with Crippen LogP contribution in [0.15, 0.2) is 18.2 Å². The van der Waals surface area contributed by atoms with Crippen LogP contribution in [0.2, 0.25) is 0 Å². The van der Waals surface area contributed by atoms with Crippen molar-refractivity contribution in [2.75, 3.05) is 19.6 Å². The molecule has 2 heterocycles. The minimum atomic E-state index is -4.74. The third-order valence-corrected chi connectivity index (χ3v) is 4.53. The predicted molar refractivity (Wildman–Crippen MR) is 64.5 cm³/mol. The third-order valence-electron chi connectivity index (χ3n) is 4.53. The highest BCUT2D eigenvalue weighted by Gasteiger charge is 2.47. The first-order valence-electron chi connectivity index (χ1n) is 6.62. The van der Waals surface area contributed by atoms with E-state index >= 15 is 0 Å². The number of fused-ring (bicyclic) bond motifs is 2. The molecule has 110 valence electrons. The fourth-order valence-electron chi connectivity index (χ4n) is 3.35. The van der Waals surface area contributed by atoms with E-state index in [1.807, 2.05) is 0 Å². The van der Waals surface area contributed by atoms with Crippen molar-refractivity contribution in [3.63, 3.8) is 0 Å². The Morgan fingerprint density at radius 2 is 2.00 bits per heavy atom. The second-order valence-electron chi connectivity index (χ2n) is 5.65. The molecule has 2 aliphatic heterocycles. The van der Waals surface area contributed by atoms with E-state index in [2.05, 4.69) is 4.90 Å². The van der Waals surface area contributed by atoms with Gasteiger partial charge in [-0.05, 0) is 37.1 Å². The average molecular weight is 289 g/mol. The molecule has 3 unspecified atom stereocenters. The van der Waals surface area contributed by atoms with Gasteiger partial charge in [0.1, 0.15) is 5.82 Å². The maximum atomic E-state index is 13.3. The Morgan fingerprint density at radius 1 is 1.25 bits per heavy atom. The molecule has 2 nitrogen and oxygen atoms in total. The van der Waals surface area contributed by atoms with Crippen LogP contribution in [0.4, 0.5) is 17.6 Å². The first-order valence-corrected chi connectivity index (χ1v) is 6.62. The molecule has 2 saturated heterocycles. The predicted octanol–water partition coefficient (Wildman–Crippen LogP) is 2.76. The molecular formula is C14H15F4NO. The smallest absolute Gasteiger partial charge is 0.385 e. The summed E-state index contributed by atoms with van der Waals surface area (Å²) in [4.78, 5) is 2.19. The Hall–Kier alpha value is -1.14. The van der Waals surface area contributed by atoms with Gasteiger partial charge < -0.3 is 10.0 Å². The molecule has 0 saturated carbocycles. The maximum absolute atomic E-state index is 13.3. The molecule has 1 aromatic carbocycles. The standard InChI is InChI=1S/C14H15F4NO/c15-12-2-1-9(7-11(12)14(16,17)18)13(20)4-6-19-5-3-10(13)8-19/h1-2,7,10,20H,3-6,8H2. The first kappa shape index (κ1) is 13.8. The number of piperidine rings is 1. The van der Waals surface area contributed by atoms with Crippen LogP contribution in [0.1, 0.15) is 24.0 Å². The van der Waals surface area contributed by atoms with Crippen molar-refractivity contribution >= 4 is 0 Å². The Morgan fingerprint density at radius 3 is 2.70 bits per heavy atom. The van der Waals surface area contributed by atoms with Crippen LogP contribution in [0.25, 0.3) is 0 Å². The monoisotopic (exact) mass is 289 g/mol. The highest BCUT2D eigenvalue weighted by Crippen LogP contribution is 2.44. The van der Waals surface area contributed by atoms with Gasteiger partial charge in [-0.15, -0.1) is 0 Å². The largest absolute Gasteiger partial charge is 0.419 e. The zero-order valence-electron chi connectivity index (χ0n) is 10.8. The maximum Gasteiger partial charge on any atom is 0.419 e. The lowest BCUT2D eigenvalue weighted by atomic mass is 9.76. The zero-order valence-corrected chi connectivity index (χ0v) is 10.8. The Balaban J connectivity index is 2.02. The average Bonchev–Trinajstić information content (AvgIpc) is 2.78. The molecule has 6 heteroatoms. The normalized spacial score (nSPS) is 33.5. The summed E-state index contributed by atoms with van der Waals surface area (Å²) < 4.78 is 51.7. The number of aliphatic hydroxyl groups is 1. The molecule has 2 bridgehead atoms. The van der Waals surface area contributed by atoms with E-state index in [0.29, 0.717) is 19.5 Å². The highest BCUT2D eigenvalue weighted by atomic mass is 19.4. The van der Waals surface area contributed by atoms with Crippen molar-refractivity contribution in [2.45, 2.75) is 24.6 Å². The summed E-state index contributed by atoms with van der Waals surface area (Å²) >= 11 is 0. The lowest BCUT2D eigenvalue weighted by Gasteiger charge is -2.39. The van der Waals surface area contributed by atoms with E-state index in [0.717, 1.165) is 25.1 Å². The molecule has 0 amide bonds. The molecule has 0 radical (unpaired) electrons. The molecule has 1 N–H and O–H groups in total. The number of nitrogens with zero attached hydrogens (tertiary/aromatic N) is 1. The minimum Gasteiger partial charge on any atom is -0.385 e. The fraction of sp³-hybridized carbons (Fsp3) is 0.571. The molecule has 20 heavy (non-hydrogen) atoms. The van der Waals surface area contributed by atoms with Crippen LogP contribution >= 0.6 is 0 Å². The third kappa shape index (κ3) is 2.11. The quantitative estimate of drug-likeness (QED) is 0.804. The Labute approximate surface area is 114 Å². The van der Waals surface area contributed by atoms with Gasteiger partial charge in [0.05, 0.1) is 11.2 Å². The molecular weight excluding hydrogens is 274 g/mol. The second kappa shape index (κ2) is 4.43. The van der Waals surface area contributed by atoms with E-state index in [-0.39, 0.29) is 11.5 Å². The lowest BCUT2D eigenvalue weighted by Crippen LogP contribution is -2.44. The van der Waals surface area contributed by atoms with Crippen molar-refractivity contribution in [1.29, 1.82) is 0 Å². The van der Waals surface area contributed by atoms with Crippen molar-refractivity contribution < 1.29 is 22.7 Å². The number of halogens is 4. The van der Waals surface area contributed by atoms with Crippen molar-refractivity contribution in [1.82, 2.24) is 4.90 Å². The van der Waals surface area contributed by atoms with Crippen molar-refractivity contribution in [3.05, 3.63) is 35.1 Å². The van der Waals surface area contributed by atoms with Crippen LogP contribution < -0.4 is 0 Å². The molecule has 0 spiro atoms. The number of rotatable bonds is 1. The zero-order chi connectivity index (χ0) is 14.5. The van der Waals surface area contributed by atoms with Gasteiger partial charge in [0, 0.05) is 19.0 Å². The van der Waals surface area contributed by atoms with E-state index in [1.54, 1.807) is 0 Å². The fourth-order valence-corrected chi connectivity index (χ4v) is 3.35. The molecule has 2 aliphatic rings.